The summed E-state index contributed by atoms with van der Waals surface area (Å²) in [6.45, 7) is 5.08. The second-order valence-electron chi connectivity index (χ2n) is 4.56. The minimum Gasteiger partial charge on any atom is -0.310 e. The first-order valence-corrected chi connectivity index (χ1v) is 7.45. The van der Waals surface area contributed by atoms with Crippen LogP contribution in [0.2, 0.25) is 5.02 Å². The van der Waals surface area contributed by atoms with Crippen molar-refractivity contribution in [2.75, 3.05) is 0 Å². The van der Waals surface area contributed by atoms with E-state index in [9.17, 15) is 0 Å². The number of nitrogens with one attached hydrogen (secondary N) is 1. The molecule has 0 bridgehead atoms. The van der Waals surface area contributed by atoms with Gasteiger partial charge in [-0.25, -0.2) is 4.98 Å². The van der Waals surface area contributed by atoms with Crippen LogP contribution in [0.4, 0.5) is 0 Å². The predicted octanol–water partition coefficient (Wildman–Crippen LogP) is 4.38. The van der Waals surface area contributed by atoms with Gasteiger partial charge in [0.1, 0.15) is 5.03 Å². The van der Waals surface area contributed by atoms with Gasteiger partial charge in [0, 0.05) is 28.7 Å². The molecule has 0 atom stereocenters. The van der Waals surface area contributed by atoms with E-state index in [0.29, 0.717) is 6.04 Å². The SMILES string of the molecule is CC(C)NCc1cc(Cl)ccc1Sc1ccccn1. The minimum atomic E-state index is 0.451. The highest BCUT2D eigenvalue weighted by Gasteiger charge is 2.07. The lowest BCUT2D eigenvalue weighted by atomic mass is 10.2. The lowest BCUT2D eigenvalue weighted by molar-refractivity contribution is 0.585. The molecule has 2 aromatic rings. The first kappa shape index (κ1) is 14.4. The molecule has 0 radical (unpaired) electrons. The van der Waals surface area contributed by atoms with Crippen LogP contribution in [-0.2, 0) is 6.54 Å². The lowest BCUT2D eigenvalue weighted by Crippen LogP contribution is -2.22. The van der Waals surface area contributed by atoms with Crippen molar-refractivity contribution in [2.45, 2.75) is 36.4 Å². The van der Waals surface area contributed by atoms with Crippen LogP contribution in [0.1, 0.15) is 19.4 Å². The van der Waals surface area contributed by atoms with E-state index in [4.69, 9.17) is 11.6 Å². The van der Waals surface area contributed by atoms with E-state index in [1.165, 1.54) is 10.5 Å². The molecule has 0 unspecified atom stereocenters. The van der Waals surface area contributed by atoms with E-state index in [-0.39, 0.29) is 0 Å². The number of nitrogens with zero attached hydrogens (tertiary/aromatic N) is 1. The van der Waals surface area contributed by atoms with E-state index >= 15 is 0 Å². The number of hydrogen-bond acceptors (Lipinski definition) is 3. The smallest absolute Gasteiger partial charge is 0.101 e. The monoisotopic (exact) mass is 292 g/mol. The molecule has 0 aliphatic rings. The number of rotatable bonds is 5. The summed E-state index contributed by atoms with van der Waals surface area (Å²) in [5.41, 5.74) is 1.21. The average molecular weight is 293 g/mol. The Kier molecular flexibility index (Phi) is 5.25. The van der Waals surface area contributed by atoms with Crippen LogP contribution in [0.5, 0.6) is 0 Å². The molecular weight excluding hydrogens is 276 g/mol. The molecule has 1 aromatic carbocycles. The van der Waals surface area contributed by atoms with Crippen molar-refractivity contribution in [2.24, 2.45) is 0 Å². The van der Waals surface area contributed by atoms with Crippen molar-refractivity contribution in [3.8, 4) is 0 Å². The number of pyridine rings is 1. The third-order valence-corrected chi connectivity index (χ3v) is 3.88. The minimum absolute atomic E-state index is 0.451. The lowest BCUT2D eigenvalue weighted by Gasteiger charge is -2.12. The van der Waals surface area contributed by atoms with Gasteiger partial charge in [-0.3, -0.25) is 0 Å². The molecule has 1 heterocycles. The fourth-order valence-corrected chi connectivity index (χ4v) is 2.70. The third kappa shape index (κ3) is 4.53. The van der Waals surface area contributed by atoms with Crippen molar-refractivity contribution in [1.82, 2.24) is 10.3 Å². The number of benzene rings is 1. The van der Waals surface area contributed by atoms with Gasteiger partial charge in [-0.1, -0.05) is 43.3 Å². The molecule has 1 aromatic heterocycles. The molecule has 0 aliphatic heterocycles. The zero-order valence-electron chi connectivity index (χ0n) is 11.1. The highest BCUT2D eigenvalue weighted by Crippen LogP contribution is 2.30. The van der Waals surface area contributed by atoms with Gasteiger partial charge in [-0.15, -0.1) is 0 Å². The molecule has 2 nitrogen and oxygen atoms in total. The van der Waals surface area contributed by atoms with E-state index in [0.717, 1.165) is 16.6 Å². The molecule has 0 aliphatic carbocycles. The van der Waals surface area contributed by atoms with Crippen LogP contribution in [0.25, 0.3) is 0 Å². The van der Waals surface area contributed by atoms with Crippen molar-refractivity contribution in [3.05, 3.63) is 53.2 Å². The molecule has 4 heteroatoms. The van der Waals surface area contributed by atoms with Crippen LogP contribution < -0.4 is 5.32 Å². The largest absolute Gasteiger partial charge is 0.310 e. The van der Waals surface area contributed by atoms with Crippen molar-refractivity contribution in [1.29, 1.82) is 0 Å². The molecule has 1 N–H and O–H groups in total. The fraction of sp³-hybridized carbons (Fsp3) is 0.267. The Morgan fingerprint density at radius 2 is 2.11 bits per heavy atom. The van der Waals surface area contributed by atoms with Crippen LogP contribution in [-0.4, -0.2) is 11.0 Å². The third-order valence-electron chi connectivity index (χ3n) is 2.58. The fourth-order valence-electron chi connectivity index (χ4n) is 1.62. The first-order chi connectivity index (χ1) is 9.15. The van der Waals surface area contributed by atoms with Gasteiger partial charge in [-0.05, 0) is 35.9 Å². The van der Waals surface area contributed by atoms with Crippen LogP contribution >= 0.6 is 23.4 Å². The van der Waals surface area contributed by atoms with E-state index in [1.807, 2.05) is 36.5 Å². The second kappa shape index (κ2) is 6.94. The summed E-state index contributed by atoms with van der Waals surface area (Å²) < 4.78 is 0. The van der Waals surface area contributed by atoms with E-state index in [1.54, 1.807) is 11.8 Å². The molecule has 0 spiro atoms. The normalized spacial score (nSPS) is 10.9. The maximum atomic E-state index is 6.08. The zero-order chi connectivity index (χ0) is 13.7. The van der Waals surface area contributed by atoms with Crippen LogP contribution in [0.15, 0.2) is 52.5 Å². The predicted molar refractivity (Wildman–Crippen MR) is 81.8 cm³/mol. The first-order valence-electron chi connectivity index (χ1n) is 6.26. The summed E-state index contributed by atoms with van der Waals surface area (Å²) in [4.78, 5) is 5.53. The van der Waals surface area contributed by atoms with Gasteiger partial charge in [0.15, 0.2) is 0 Å². The van der Waals surface area contributed by atoms with E-state index < -0.39 is 0 Å². The van der Waals surface area contributed by atoms with Gasteiger partial charge in [0.25, 0.3) is 0 Å². The summed E-state index contributed by atoms with van der Waals surface area (Å²) in [5.74, 6) is 0. The molecule has 100 valence electrons. The Morgan fingerprint density at radius 3 is 2.79 bits per heavy atom. The van der Waals surface area contributed by atoms with Crippen molar-refractivity contribution < 1.29 is 0 Å². The topological polar surface area (TPSA) is 24.9 Å². The maximum absolute atomic E-state index is 6.08. The average Bonchev–Trinajstić information content (AvgIpc) is 2.40. The summed E-state index contributed by atoms with van der Waals surface area (Å²) in [6.07, 6.45) is 1.81. The number of halogens is 1. The Bertz CT molecular complexity index is 529. The molecular formula is C15H17ClN2S. The van der Waals surface area contributed by atoms with Gasteiger partial charge in [0.05, 0.1) is 0 Å². The summed E-state index contributed by atoms with van der Waals surface area (Å²) in [5, 5.41) is 5.19. The Labute approximate surface area is 123 Å². The van der Waals surface area contributed by atoms with E-state index in [2.05, 4.69) is 30.2 Å². The summed E-state index contributed by atoms with van der Waals surface area (Å²) in [6, 6.07) is 12.4. The number of aromatic nitrogens is 1. The quantitative estimate of drug-likeness (QED) is 0.885. The van der Waals surface area contributed by atoms with Crippen LogP contribution in [0.3, 0.4) is 0 Å². The Hall–Kier alpha value is -1.03. The number of hydrogen-bond donors (Lipinski definition) is 1. The molecule has 0 saturated heterocycles. The Morgan fingerprint density at radius 1 is 1.26 bits per heavy atom. The van der Waals surface area contributed by atoms with Gasteiger partial charge < -0.3 is 5.32 Å². The molecule has 19 heavy (non-hydrogen) atoms. The summed E-state index contributed by atoms with van der Waals surface area (Å²) in [7, 11) is 0. The maximum Gasteiger partial charge on any atom is 0.101 e. The Balaban J connectivity index is 2.19. The van der Waals surface area contributed by atoms with Crippen molar-refractivity contribution in [3.63, 3.8) is 0 Å². The van der Waals surface area contributed by atoms with Crippen molar-refractivity contribution >= 4 is 23.4 Å². The van der Waals surface area contributed by atoms with Gasteiger partial charge in [0.2, 0.25) is 0 Å². The van der Waals surface area contributed by atoms with Crippen LogP contribution in [0, 0.1) is 0 Å². The highest BCUT2D eigenvalue weighted by atomic mass is 35.5. The summed E-state index contributed by atoms with van der Waals surface area (Å²) >= 11 is 7.75. The standard InChI is InChI=1S/C15H17ClN2S/c1-11(2)18-10-12-9-13(16)6-7-14(12)19-15-5-3-4-8-17-15/h3-9,11,18H,10H2,1-2H3. The van der Waals surface area contributed by atoms with Gasteiger partial charge >= 0.3 is 0 Å². The zero-order valence-corrected chi connectivity index (χ0v) is 12.6. The second-order valence-corrected chi connectivity index (χ2v) is 6.06. The van der Waals surface area contributed by atoms with Gasteiger partial charge in [-0.2, -0.15) is 0 Å². The highest BCUT2D eigenvalue weighted by molar-refractivity contribution is 7.99. The molecule has 0 fully saturated rings. The molecule has 0 amide bonds. The molecule has 2 rings (SSSR count). The molecule has 0 saturated carbocycles.